The second-order valence-electron chi connectivity index (χ2n) is 4.38. The van der Waals surface area contributed by atoms with Crippen LogP contribution in [0.2, 0.25) is 0 Å². The SMILES string of the molecule is CNC(C)Cc1c[se]c2cccc(OC(C)=O)c12. The van der Waals surface area contributed by atoms with Gasteiger partial charge in [0.15, 0.2) is 0 Å². The monoisotopic (exact) mass is 311 g/mol. The standard InChI is InChI=1S/C14H17NO2Se/c1-9(15-3)7-11-8-18-13-6-4-5-12(14(11)13)17-10(2)16/h4-6,8-9,15H,7H2,1-3H3. The first-order valence-corrected chi connectivity index (χ1v) is 7.81. The molecular formula is C14H17NO2Se. The van der Waals surface area contributed by atoms with E-state index >= 15 is 0 Å². The normalized spacial score (nSPS) is 12.6. The Kier molecular flexibility index (Phi) is 4.23. The second-order valence-corrected chi connectivity index (χ2v) is 6.29. The molecule has 4 heteroatoms. The Balaban J connectivity index is 2.44. The molecule has 0 radical (unpaired) electrons. The van der Waals surface area contributed by atoms with Gasteiger partial charge in [0.1, 0.15) is 0 Å². The third-order valence-electron chi connectivity index (χ3n) is 2.91. The fourth-order valence-electron chi connectivity index (χ4n) is 1.94. The van der Waals surface area contributed by atoms with Crippen molar-refractivity contribution in [1.29, 1.82) is 0 Å². The van der Waals surface area contributed by atoms with Crippen LogP contribution in [-0.4, -0.2) is 33.6 Å². The zero-order valence-corrected chi connectivity index (χ0v) is 12.5. The van der Waals surface area contributed by atoms with E-state index in [1.54, 1.807) is 0 Å². The molecule has 0 saturated carbocycles. The Morgan fingerprint density at radius 3 is 2.94 bits per heavy atom. The molecule has 0 saturated heterocycles. The molecule has 0 spiro atoms. The molecule has 0 amide bonds. The number of hydrogen-bond donors (Lipinski definition) is 1. The molecule has 2 rings (SSSR count). The van der Waals surface area contributed by atoms with Crippen LogP contribution in [0.5, 0.6) is 5.75 Å². The van der Waals surface area contributed by atoms with Gasteiger partial charge < -0.3 is 0 Å². The molecular weight excluding hydrogens is 293 g/mol. The number of rotatable bonds is 4. The number of likely N-dealkylation sites (N-methyl/N-ethyl adjacent to an activating group) is 1. The molecule has 1 atom stereocenters. The van der Waals surface area contributed by atoms with Gasteiger partial charge in [-0.2, -0.15) is 0 Å². The molecule has 3 nitrogen and oxygen atoms in total. The summed E-state index contributed by atoms with van der Waals surface area (Å²) in [6.45, 7) is 3.60. The van der Waals surface area contributed by atoms with Crippen molar-refractivity contribution in [1.82, 2.24) is 5.32 Å². The van der Waals surface area contributed by atoms with Crippen molar-refractivity contribution < 1.29 is 9.53 Å². The molecule has 0 bridgehead atoms. The average molecular weight is 310 g/mol. The van der Waals surface area contributed by atoms with E-state index in [-0.39, 0.29) is 5.97 Å². The van der Waals surface area contributed by atoms with Crippen LogP contribution in [-0.2, 0) is 11.2 Å². The van der Waals surface area contributed by atoms with Crippen molar-refractivity contribution in [2.24, 2.45) is 0 Å². The topological polar surface area (TPSA) is 38.3 Å². The van der Waals surface area contributed by atoms with Gasteiger partial charge in [0.25, 0.3) is 0 Å². The molecule has 1 unspecified atom stereocenters. The molecule has 96 valence electrons. The summed E-state index contributed by atoms with van der Waals surface area (Å²) in [6, 6.07) is 6.37. The van der Waals surface area contributed by atoms with Gasteiger partial charge in [-0.25, -0.2) is 0 Å². The summed E-state index contributed by atoms with van der Waals surface area (Å²) in [6.07, 6.45) is 0.962. The molecule has 1 aromatic heterocycles. The summed E-state index contributed by atoms with van der Waals surface area (Å²) in [5.74, 6) is 0.442. The average Bonchev–Trinajstić information content (AvgIpc) is 2.73. The second kappa shape index (κ2) is 5.70. The van der Waals surface area contributed by atoms with Crippen LogP contribution in [0.3, 0.4) is 0 Å². The number of nitrogens with one attached hydrogen (secondary N) is 1. The molecule has 18 heavy (non-hydrogen) atoms. The molecule has 1 aromatic carbocycles. The first-order valence-electron chi connectivity index (χ1n) is 5.96. The van der Waals surface area contributed by atoms with Gasteiger partial charge in [0.2, 0.25) is 0 Å². The van der Waals surface area contributed by atoms with Crippen molar-refractivity contribution in [3.05, 3.63) is 28.7 Å². The zero-order chi connectivity index (χ0) is 13.1. The number of esters is 1. The molecule has 0 fully saturated rings. The maximum atomic E-state index is 11.1. The minimum atomic E-state index is -0.260. The quantitative estimate of drug-likeness (QED) is 0.533. The van der Waals surface area contributed by atoms with Gasteiger partial charge in [-0.05, 0) is 0 Å². The first-order chi connectivity index (χ1) is 8.61. The van der Waals surface area contributed by atoms with E-state index in [0.29, 0.717) is 26.3 Å². The van der Waals surface area contributed by atoms with Crippen LogP contribution >= 0.6 is 0 Å². The van der Waals surface area contributed by atoms with Gasteiger partial charge in [0, 0.05) is 0 Å². The Hall–Kier alpha value is -1.09. The maximum absolute atomic E-state index is 11.1. The van der Waals surface area contributed by atoms with Crippen LogP contribution in [0.15, 0.2) is 23.1 Å². The van der Waals surface area contributed by atoms with Gasteiger partial charge in [-0.3, -0.25) is 0 Å². The summed E-state index contributed by atoms with van der Waals surface area (Å²) in [5.41, 5.74) is 1.30. The van der Waals surface area contributed by atoms with E-state index in [2.05, 4.69) is 23.2 Å². The fraction of sp³-hybridized carbons (Fsp3) is 0.357. The number of carbonyl (C=O) groups is 1. The third kappa shape index (κ3) is 2.83. The summed E-state index contributed by atoms with van der Waals surface area (Å²) >= 11 is 0.355. The number of carbonyl (C=O) groups excluding carboxylic acids is 1. The predicted octanol–water partition coefficient (Wildman–Crippen LogP) is 1.97. The molecule has 0 aliphatic heterocycles. The molecule has 1 heterocycles. The van der Waals surface area contributed by atoms with Gasteiger partial charge in [0.05, 0.1) is 0 Å². The Morgan fingerprint density at radius 1 is 1.50 bits per heavy atom. The minimum absolute atomic E-state index is 0.260. The zero-order valence-electron chi connectivity index (χ0n) is 10.8. The van der Waals surface area contributed by atoms with Gasteiger partial charge in [-0.15, -0.1) is 0 Å². The summed E-state index contributed by atoms with van der Waals surface area (Å²) in [5, 5.41) is 4.38. The molecule has 1 N–H and O–H groups in total. The van der Waals surface area contributed by atoms with Crippen molar-refractivity contribution in [3.63, 3.8) is 0 Å². The van der Waals surface area contributed by atoms with Crippen molar-refractivity contribution in [3.8, 4) is 5.75 Å². The number of ether oxygens (including phenoxy) is 1. The summed E-state index contributed by atoms with van der Waals surface area (Å²) < 4.78 is 6.62. The van der Waals surface area contributed by atoms with Gasteiger partial charge >= 0.3 is 113 Å². The predicted molar refractivity (Wildman–Crippen MR) is 74.4 cm³/mol. The van der Waals surface area contributed by atoms with E-state index in [1.165, 1.54) is 16.7 Å². The van der Waals surface area contributed by atoms with Crippen LogP contribution in [0.1, 0.15) is 19.4 Å². The molecule has 2 aromatic rings. The van der Waals surface area contributed by atoms with Crippen LogP contribution < -0.4 is 10.1 Å². The van der Waals surface area contributed by atoms with Crippen LogP contribution in [0.4, 0.5) is 0 Å². The van der Waals surface area contributed by atoms with Crippen LogP contribution in [0, 0.1) is 0 Å². The molecule has 0 aliphatic carbocycles. The van der Waals surface area contributed by atoms with E-state index < -0.39 is 0 Å². The Labute approximate surface area is 113 Å². The van der Waals surface area contributed by atoms with Crippen molar-refractivity contribution >= 4 is 30.1 Å². The summed E-state index contributed by atoms with van der Waals surface area (Å²) in [7, 11) is 1.96. The van der Waals surface area contributed by atoms with E-state index in [0.717, 1.165) is 11.8 Å². The van der Waals surface area contributed by atoms with Crippen LogP contribution in [0.25, 0.3) is 9.65 Å². The fourth-order valence-corrected chi connectivity index (χ4v) is 4.02. The van der Waals surface area contributed by atoms with E-state index in [9.17, 15) is 4.79 Å². The summed E-state index contributed by atoms with van der Waals surface area (Å²) in [4.78, 5) is 13.4. The number of benzene rings is 1. The van der Waals surface area contributed by atoms with Gasteiger partial charge in [-0.1, -0.05) is 0 Å². The first kappa shape index (κ1) is 13.3. The van der Waals surface area contributed by atoms with E-state index in [1.807, 2.05) is 19.2 Å². The van der Waals surface area contributed by atoms with E-state index in [4.69, 9.17) is 4.74 Å². The van der Waals surface area contributed by atoms with Crippen molar-refractivity contribution in [2.75, 3.05) is 7.05 Å². The Bertz CT molecular complexity index is 562. The third-order valence-corrected chi connectivity index (χ3v) is 5.00. The number of hydrogen-bond acceptors (Lipinski definition) is 3. The number of fused-ring (bicyclic) bond motifs is 1. The van der Waals surface area contributed by atoms with Crippen molar-refractivity contribution in [2.45, 2.75) is 26.3 Å². The molecule has 0 aliphatic rings. The Morgan fingerprint density at radius 2 is 2.28 bits per heavy atom.